The number of ether oxygens (including phenoxy) is 12. The molecule has 0 amide bonds. The summed E-state index contributed by atoms with van der Waals surface area (Å²) in [6.07, 6.45) is -45.4. The number of allylic oxidation sites excluding steroid dienone is 2. The smallest absolute Gasteiger partial charge is 0.317 e. The van der Waals surface area contributed by atoms with Crippen LogP contribution in [0.25, 0.3) is 0 Å². The fraction of sp³-hybridized carbons (Fsp3) is 0.953. The topological polar surface area (TPSA) is 492 Å². The molecule has 18 N–H and O–H groups in total. The van der Waals surface area contributed by atoms with Gasteiger partial charge < -0.3 is 149 Å². The first kappa shape index (κ1) is 74.2. The average molecular weight is 1370 g/mol. The molecule has 0 unspecified atom stereocenters. The van der Waals surface area contributed by atoms with E-state index in [0.717, 1.165) is 5.57 Å². The molecule has 10 fully saturated rings. The Morgan fingerprint density at radius 3 is 1.65 bits per heavy atom. The molecule has 0 bridgehead atoms. The summed E-state index contributed by atoms with van der Waals surface area (Å²) in [6, 6.07) is 0. The third-order valence-corrected chi connectivity index (χ3v) is 24.9. The van der Waals surface area contributed by atoms with Gasteiger partial charge in [0.1, 0.15) is 115 Å². The third kappa shape index (κ3) is 12.3. The number of aliphatic hydroxyl groups is 18. The van der Waals surface area contributed by atoms with Crippen LogP contribution in [0.2, 0.25) is 0 Å². The summed E-state index contributed by atoms with van der Waals surface area (Å²) in [6.45, 7) is 14.2. The van der Waals surface area contributed by atoms with Crippen LogP contribution in [0.4, 0.5) is 0 Å². The van der Waals surface area contributed by atoms with Gasteiger partial charge in [-0.05, 0) is 112 Å². The summed E-state index contributed by atoms with van der Waals surface area (Å²) in [7, 11) is 0. The normalized spacial score (nSPS) is 56.3. The summed E-state index contributed by atoms with van der Waals surface area (Å²) < 4.78 is 72.4. The van der Waals surface area contributed by atoms with Gasteiger partial charge in [-0.15, -0.1) is 0 Å². The minimum atomic E-state index is -2.10. The molecule has 11 aliphatic rings. The second-order valence-electron chi connectivity index (χ2n) is 31.0. The predicted molar refractivity (Wildman–Crippen MR) is 316 cm³/mol. The number of carbonyl (C=O) groups is 1. The molecule has 0 aromatic rings. The van der Waals surface area contributed by atoms with Crippen LogP contribution in [0.15, 0.2) is 11.6 Å². The average Bonchev–Trinajstić information content (AvgIpc) is 0.811. The van der Waals surface area contributed by atoms with Crippen LogP contribution in [0.1, 0.15) is 114 Å². The van der Waals surface area contributed by atoms with Crippen molar-refractivity contribution in [1.82, 2.24) is 0 Å². The van der Waals surface area contributed by atoms with Gasteiger partial charge in [0.25, 0.3) is 0 Å². The maximum Gasteiger partial charge on any atom is 0.317 e. The zero-order valence-corrected chi connectivity index (χ0v) is 55.0. The summed E-state index contributed by atoms with van der Waals surface area (Å²) in [5, 5.41) is 201. The Bertz CT molecular complexity index is 2700. The molecule has 546 valence electrons. The van der Waals surface area contributed by atoms with E-state index >= 15 is 4.79 Å². The van der Waals surface area contributed by atoms with Gasteiger partial charge in [0.15, 0.2) is 37.6 Å². The summed E-state index contributed by atoms with van der Waals surface area (Å²) >= 11 is 0. The summed E-state index contributed by atoms with van der Waals surface area (Å²) in [5.74, 6) is -2.10. The van der Waals surface area contributed by atoms with Crippen LogP contribution in [0, 0.1) is 50.2 Å². The van der Waals surface area contributed by atoms with Crippen molar-refractivity contribution in [1.29, 1.82) is 0 Å². The molecule has 6 saturated heterocycles. The fourth-order valence-corrected chi connectivity index (χ4v) is 19.1. The van der Waals surface area contributed by atoms with E-state index in [2.05, 4.69) is 40.7 Å². The van der Waals surface area contributed by atoms with E-state index in [-0.39, 0.29) is 31.1 Å². The van der Waals surface area contributed by atoms with Gasteiger partial charge in [-0.2, -0.15) is 0 Å². The Kier molecular flexibility index (Phi) is 21.4. The van der Waals surface area contributed by atoms with Gasteiger partial charge >= 0.3 is 5.97 Å². The van der Waals surface area contributed by atoms with Crippen LogP contribution < -0.4 is 0 Å². The summed E-state index contributed by atoms with van der Waals surface area (Å²) in [4.78, 5) is 16.0. The van der Waals surface area contributed by atoms with E-state index in [1.807, 2.05) is 6.92 Å². The van der Waals surface area contributed by atoms with Crippen LogP contribution in [0.5, 0.6) is 0 Å². The van der Waals surface area contributed by atoms with Crippen molar-refractivity contribution in [3.8, 4) is 0 Å². The Hall–Kier alpha value is -1.95. The minimum absolute atomic E-state index is 0.0592. The van der Waals surface area contributed by atoms with E-state index in [0.29, 0.717) is 32.1 Å². The molecular weight excluding hydrogens is 1260 g/mol. The van der Waals surface area contributed by atoms with Gasteiger partial charge in [-0.3, -0.25) is 4.79 Å². The molecule has 95 heavy (non-hydrogen) atoms. The first-order valence-corrected chi connectivity index (χ1v) is 33.6. The lowest BCUT2D eigenvalue weighted by atomic mass is 9.33. The summed E-state index contributed by atoms with van der Waals surface area (Å²) in [5.41, 5.74) is -4.44. The molecule has 6 heterocycles. The van der Waals surface area contributed by atoms with E-state index < -0.39 is 261 Å². The Balaban J connectivity index is 0.862. The number of rotatable bonds is 15. The van der Waals surface area contributed by atoms with Crippen LogP contribution >= 0.6 is 0 Å². The van der Waals surface area contributed by atoms with Crippen molar-refractivity contribution in [2.24, 2.45) is 50.2 Å². The second kappa shape index (κ2) is 27.3. The Morgan fingerprint density at radius 2 is 1.02 bits per heavy atom. The third-order valence-electron chi connectivity index (χ3n) is 24.9. The van der Waals surface area contributed by atoms with E-state index in [1.165, 1.54) is 20.8 Å². The molecule has 31 heteroatoms. The molecule has 11 rings (SSSR count). The Morgan fingerprint density at radius 1 is 0.495 bits per heavy atom. The number of carbonyl (C=O) groups excluding carboxylic acids is 1. The van der Waals surface area contributed by atoms with Crippen molar-refractivity contribution in [2.45, 2.75) is 304 Å². The lowest BCUT2D eigenvalue weighted by Crippen LogP contribution is -2.70. The quantitative estimate of drug-likeness (QED) is 0.0414. The van der Waals surface area contributed by atoms with Crippen molar-refractivity contribution in [3.63, 3.8) is 0 Å². The monoisotopic (exact) mass is 1370 g/mol. The molecule has 39 atom stereocenters. The highest BCUT2D eigenvalue weighted by molar-refractivity contribution is 5.80. The van der Waals surface area contributed by atoms with Crippen LogP contribution in [0.3, 0.4) is 0 Å². The standard InChI is InChI=1S/C64H104O31/c1-23-35(71)39(75)43(79)53(85-23)91-48-29(69)21-84-52(46(48)82)90-47-25(3)87-54(45(81)41(47)77)93-50-49(92-55-42(78)38(74)31(20-66)88-55)36(72)24(2)86-57(50)95-58(83)64-15-14-59(4,5)16-27(64)26-10-11-33-60(6)17-28(68)51(94-56-44(80)40(76)37(73)30(19-65)89-56)61(7,22-67)32(60)12-13-62(33,8)63(26,9)18-34(64)70/h10,23-25,27-57,65-82H,11-22H2,1-9H3/t23-,24+,25-,27-,28-,29+,30+,31+,32+,33+,34+,35-,36-,37+,38+,39+,40-,41-,42-,43+,44+,45+,46+,47-,48-,49-,50+,51-,52-,53-,54-,55-,56-,57-,60-,61-,62+,63+,64+/m0/s1. The zero-order chi connectivity index (χ0) is 69.5. The highest BCUT2D eigenvalue weighted by Gasteiger charge is 2.74. The predicted octanol–water partition coefficient (Wildman–Crippen LogP) is -5.11. The lowest BCUT2D eigenvalue weighted by molar-refractivity contribution is -0.386. The van der Waals surface area contributed by atoms with E-state index in [1.54, 1.807) is 0 Å². The second-order valence-corrected chi connectivity index (χ2v) is 31.0. The number of esters is 1. The highest BCUT2D eigenvalue weighted by atomic mass is 16.8. The van der Waals surface area contributed by atoms with Crippen molar-refractivity contribution < 1.29 is 154 Å². The molecule has 6 aliphatic heterocycles. The number of aliphatic hydroxyl groups excluding tert-OH is 18. The first-order valence-electron chi connectivity index (χ1n) is 33.6. The molecule has 0 spiro atoms. The Labute approximate surface area is 550 Å². The van der Waals surface area contributed by atoms with E-state index in [9.17, 15) is 91.9 Å². The molecule has 5 aliphatic carbocycles. The highest BCUT2D eigenvalue weighted by Crippen LogP contribution is 2.76. The van der Waals surface area contributed by atoms with Gasteiger partial charge in [-0.1, -0.05) is 53.2 Å². The maximum atomic E-state index is 16.0. The molecule has 4 saturated carbocycles. The van der Waals surface area contributed by atoms with Crippen molar-refractivity contribution in [2.75, 3.05) is 26.4 Å². The van der Waals surface area contributed by atoms with Gasteiger partial charge in [-0.25, -0.2) is 0 Å². The van der Waals surface area contributed by atoms with Gasteiger partial charge in [0.2, 0.25) is 6.29 Å². The number of fused-ring (bicyclic) bond motifs is 7. The van der Waals surface area contributed by atoms with Crippen molar-refractivity contribution in [3.05, 3.63) is 11.6 Å². The SMILES string of the molecule is C[C@@H]1O[C@@H](O[C@@H]2[C@@H](O)[C@H](O[C@@H]3[C@@H](O)[C@@H](O)[C@H](O[C@H]4[C@H](OC(=O)[C@]56CCC(C)(C)C[C@H]5C5=CC[C@@H]7[C@@]8(C)C[C@H](O)[C@H](O[C@@H]9O[C@H](CO)[C@@H](O)[C@H](O)[C@H]9O)[C@@](C)(CO)[C@@H]8CC[C@@]7(C)[C@]5(C)C[C@H]6O)O[C@H](C)[C@H](O)[C@@H]4O[C@@H]4O[C@H](CO)[C@@H](O)[C@@H]4O)O[C@H]3C)OC[C@H]2O)[C@H](O)[C@H](O)[C@H]1O. The first-order chi connectivity index (χ1) is 44.5. The maximum absolute atomic E-state index is 16.0. The molecular formula is C64H104O31. The van der Waals surface area contributed by atoms with Crippen LogP contribution in [-0.4, -0.2) is 315 Å². The molecule has 0 aromatic carbocycles. The van der Waals surface area contributed by atoms with Crippen molar-refractivity contribution >= 4 is 5.97 Å². The molecule has 0 radical (unpaired) electrons. The minimum Gasteiger partial charge on any atom is -0.432 e. The van der Waals surface area contributed by atoms with Gasteiger partial charge in [0.05, 0.1) is 63.1 Å². The van der Waals surface area contributed by atoms with Gasteiger partial charge in [0, 0.05) is 5.41 Å². The number of hydrogen-bond donors (Lipinski definition) is 18. The molecule has 0 aromatic heterocycles. The van der Waals surface area contributed by atoms with Crippen LogP contribution in [-0.2, 0) is 61.6 Å². The lowest BCUT2D eigenvalue weighted by Gasteiger charge is -2.72. The molecule has 31 nitrogen and oxygen atoms in total. The van der Waals surface area contributed by atoms with E-state index in [4.69, 9.17) is 56.8 Å². The number of hydrogen-bond acceptors (Lipinski definition) is 31. The fourth-order valence-electron chi connectivity index (χ4n) is 19.1. The zero-order valence-electron chi connectivity index (χ0n) is 55.0. The largest absolute Gasteiger partial charge is 0.432 e.